The van der Waals surface area contributed by atoms with Gasteiger partial charge in [-0.3, -0.25) is 4.79 Å². The van der Waals surface area contributed by atoms with E-state index in [0.29, 0.717) is 13.0 Å². The van der Waals surface area contributed by atoms with Gasteiger partial charge in [0, 0.05) is 6.42 Å². The van der Waals surface area contributed by atoms with Crippen LogP contribution in [0.5, 0.6) is 0 Å². The van der Waals surface area contributed by atoms with Gasteiger partial charge in [0.05, 0.1) is 6.61 Å². The first-order valence-corrected chi connectivity index (χ1v) is 5.20. The highest BCUT2D eigenvalue weighted by atomic mass is 16.5. The van der Waals surface area contributed by atoms with Crippen LogP contribution in [0.25, 0.3) is 6.08 Å². The third-order valence-electron chi connectivity index (χ3n) is 1.93. The number of rotatable bonds is 5. The molecule has 80 valence electrons. The zero-order valence-corrected chi connectivity index (χ0v) is 8.98. The van der Waals surface area contributed by atoms with Crippen molar-refractivity contribution in [2.75, 3.05) is 6.61 Å². The fourth-order valence-corrected chi connectivity index (χ4v) is 1.22. The summed E-state index contributed by atoms with van der Waals surface area (Å²) in [7, 11) is 0. The molecular weight excluding hydrogens is 188 g/mol. The maximum Gasteiger partial charge on any atom is 0.306 e. The lowest BCUT2D eigenvalue weighted by Crippen LogP contribution is -2.02. The molecule has 1 aromatic rings. The molecule has 0 radical (unpaired) electrons. The predicted octanol–water partition coefficient (Wildman–Crippen LogP) is 3.04. The van der Waals surface area contributed by atoms with Crippen molar-refractivity contribution in [2.45, 2.75) is 19.8 Å². The number of benzene rings is 1. The molecule has 0 bridgehead atoms. The third kappa shape index (κ3) is 5.01. The first kappa shape index (κ1) is 11.5. The molecule has 0 aliphatic rings. The van der Waals surface area contributed by atoms with Gasteiger partial charge in [0.25, 0.3) is 0 Å². The van der Waals surface area contributed by atoms with E-state index >= 15 is 0 Å². The average Bonchev–Trinajstić information content (AvgIpc) is 2.26. The lowest BCUT2D eigenvalue weighted by molar-refractivity contribution is -0.142. The van der Waals surface area contributed by atoms with Crippen LogP contribution < -0.4 is 0 Å². The Balaban J connectivity index is 2.26. The molecule has 0 unspecified atom stereocenters. The quantitative estimate of drug-likeness (QED) is 0.689. The number of carbonyl (C=O) groups is 1. The maximum absolute atomic E-state index is 11.0. The van der Waals surface area contributed by atoms with E-state index in [1.165, 1.54) is 0 Å². The summed E-state index contributed by atoms with van der Waals surface area (Å²) in [5.41, 5.74) is 1.15. The topological polar surface area (TPSA) is 26.3 Å². The lowest BCUT2D eigenvalue weighted by Gasteiger charge is -1.98. The summed E-state index contributed by atoms with van der Waals surface area (Å²) in [5, 5.41) is 0. The van der Waals surface area contributed by atoms with Gasteiger partial charge in [0.15, 0.2) is 0 Å². The first-order chi connectivity index (χ1) is 7.33. The summed E-state index contributed by atoms with van der Waals surface area (Å²) in [6.45, 7) is 2.28. The fraction of sp³-hybridized carbons (Fsp3) is 0.308. The highest BCUT2D eigenvalue weighted by molar-refractivity contribution is 5.69. The van der Waals surface area contributed by atoms with Crippen molar-refractivity contribution in [2.24, 2.45) is 0 Å². The lowest BCUT2D eigenvalue weighted by atomic mass is 10.2. The number of allylic oxidation sites excluding steroid dienone is 1. The van der Waals surface area contributed by atoms with E-state index in [2.05, 4.69) is 0 Å². The van der Waals surface area contributed by atoms with Gasteiger partial charge < -0.3 is 4.74 Å². The van der Waals surface area contributed by atoms with Gasteiger partial charge in [-0.05, 0) is 18.9 Å². The van der Waals surface area contributed by atoms with Crippen molar-refractivity contribution < 1.29 is 9.53 Å². The minimum atomic E-state index is -0.129. The van der Waals surface area contributed by atoms with E-state index in [9.17, 15) is 4.79 Å². The zero-order valence-electron chi connectivity index (χ0n) is 8.98. The Labute approximate surface area is 90.6 Å². The van der Waals surface area contributed by atoms with E-state index < -0.39 is 0 Å². The van der Waals surface area contributed by atoms with Gasteiger partial charge in [-0.1, -0.05) is 42.5 Å². The summed E-state index contributed by atoms with van der Waals surface area (Å²) in [4.78, 5) is 11.0. The Morgan fingerprint density at radius 1 is 1.33 bits per heavy atom. The van der Waals surface area contributed by atoms with Gasteiger partial charge in [0.2, 0.25) is 0 Å². The van der Waals surface area contributed by atoms with Crippen molar-refractivity contribution in [3.05, 3.63) is 42.0 Å². The molecule has 0 spiro atoms. The minimum absolute atomic E-state index is 0.129. The van der Waals surface area contributed by atoms with Crippen molar-refractivity contribution in [1.82, 2.24) is 0 Å². The molecule has 0 aromatic heterocycles. The van der Waals surface area contributed by atoms with E-state index in [1.54, 1.807) is 0 Å². The molecule has 0 atom stereocenters. The predicted molar refractivity (Wildman–Crippen MR) is 61.3 cm³/mol. The van der Waals surface area contributed by atoms with Crippen molar-refractivity contribution in [3.8, 4) is 0 Å². The molecule has 0 amide bonds. The van der Waals surface area contributed by atoms with Gasteiger partial charge >= 0.3 is 5.97 Å². The highest BCUT2D eigenvalue weighted by Gasteiger charge is 1.97. The second-order valence-corrected chi connectivity index (χ2v) is 3.16. The van der Waals surface area contributed by atoms with Gasteiger partial charge in [-0.2, -0.15) is 0 Å². The maximum atomic E-state index is 11.0. The molecule has 1 rings (SSSR count). The molecule has 1 aromatic carbocycles. The molecular formula is C13H16O2. The summed E-state index contributed by atoms with van der Waals surface area (Å²) in [5.74, 6) is -0.129. The van der Waals surface area contributed by atoms with Gasteiger partial charge in [-0.15, -0.1) is 0 Å². The van der Waals surface area contributed by atoms with Crippen LogP contribution in [0.1, 0.15) is 25.3 Å². The molecule has 0 fully saturated rings. The van der Waals surface area contributed by atoms with Crippen molar-refractivity contribution in [3.63, 3.8) is 0 Å². The summed E-state index contributed by atoms with van der Waals surface area (Å²) in [6.07, 6.45) is 5.19. The molecule has 0 N–H and O–H groups in total. The smallest absolute Gasteiger partial charge is 0.306 e. The Bertz CT molecular complexity index is 315. The Kier molecular flexibility index (Phi) is 5.23. The van der Waals surface area contributed by atoms with Crippen LogP contribution in [-0.4, -0.2) is 12.6 Å². The number of hydrogen-bond acceptors (Lipinski definition) is 2. The van der Waals surface area contributed by atoms with Crippen LogP contribution in [0.2, 0.25) is 0 Å². The molecule has 0 aliphatic heterocycles. The summed E-state index contributed by atoms with van der Waals surface area (Å²) in [6, 6.07) is 10.0. The monoisotopic (exact) mass is 204 g/mol. The molecule has 0 saturated heterocycles. The van der Waals surface area contributed by atoms with Crippen molar-refractivity contribution in [1.29, 1.82) is 0 Å². The fourth-order valence-electron chi connectivity index (χ4n) is 1.22. The number of esters is 1. The van der Waals surface area contributed by atoms with Crippen LogP contribution in [0.3, 0.4) is 0 Å². The second-order valence-electron chi connectivity index (χ2n) is 3.16. The summed E-state index contributed by atoms with van der Waals surface area (Å²) < 4.78 is 4.82. The number of hydrogen-bond donors (Lipinski definition) is 0. The normalized spacial score (nSPS) is 10.5. The Morgan fingerprint density at radius 3 is 2.73 bits per heavy atom. The van der Waals surface area contributed by atoms with E-state index in [-0.39, 0.29) is 5.97 Å². The average molecular weight is 204 g/mol. The third-order valence-corrected chi connectivity index (χ3v) is 1.93. The molecule has 0 saturated carbocycles. The standard InChI is InChI=1S/C13H16O2/c1-2-15-13(14)11-7-6-10-12-8-4-3-5-9-12/h3-6,8-10H,2,7,11H2,1H3/b10-6+. The largest absolute Gasteiger partial charge is 0.466 e. The first-order valence-electron chi connectivity index (χ1n) is 5.20. The molecule has 2 heteroatoms. The molecule has 15 heavy (non-hydrogen) atoms. The van der Waals surface area contributed by atoms with Crippen LogP contribution >= 0.6 is 0 Å². The van der Waals surface area contributed by atoms with Crippen LogP contribution in [-0.2, 0) is 9.53 Å². The summed E-state index contributed by atoms with van der Waals surface area (Å²) >= 11 is 0. The van der Waals surface area contributed by atoms with E-state index in [4.69, 9.17) is 4.74 Å². The second kappa shape index (κ2) is 6.82. The molecule has 0 heterocycles. The van der Waals surface area contributed by atoms with E-state index in [0.717, 1.165) is 12.0 Å². The molecule has 0 aliphatic carbocycles. The SMILES string of the molecule is CCOC(=O)CC/C=C/c1ccccc1. The minimum Gasteiger partial charge on any atom is -0.466 e. The van der Waals surface area contributed by atoms with Crippen molar-refractivity contribution >= 4 is 12.0 Å². The van der Waals surface area contributed by atoms with Crippen LogP contribution in [0.4, 0.5) is 0 Å². The van der Waals surface area contributed by atoms with Crippen LogP contribution in [0, 0.1) is 0 Å². The number of ether oxygens (including phenoxy) is 1. The van der Waals surface area contributed by atoms with E-state index in [1.807, 2.05) is 49.4 Å². The molecule has 2 nitrogen and oxygen atoms in total. The van der Waals surface area contributed by atoms with Gasteiger partial charge in [0.1, 0.15) is 0 Å². The Hall–Kier alpha value is -1.57. The number of carbonyl (C=O) groups excluding carboxylic acids is 1. The highest BCUT2D eigenvalue weighted by Crippen LogP contribution is 2.03. The zero-order chi connectivity index (χ0) is 10.9. The van der Waals surface area contributed by atoms with Gasteiger partial charge in [-0.25, -0.2) is 0 Å². The Morgan fingerprint density at radius 2 is 2.07 bits per heavy atom. The van der Waals surface area contributed by atoms with Crippen LogP contribution in [0.15, 0.2) is 36.4 Å².